The molecule has 1 aliphatic carbocycles. The van der Waals surface area contributed by atoms with Gasteiger partial charge in [0.05, 0.1) is 5.54 Å². The molecule has 0 radical (unpaired) electrons. The van der Waals surface area contributed by atoms with E-state index >= 15 is 0 Å². The van der Waals surface area contributed by atoms with Gasteiger partial charge < -0.3 is 4.90 Å². The second-order valence-corrected chi connectivity index (χ2v) is 5.97. The van der Waals surface area contributed by atoms with Crippen molar-refractivity contribution in [1.29, 1.82) is 0 Å². The van der Waals surface area contributed by atoms with Gasteiger partial charge in [0, 0.05) is 24.3 Å². The molecule has 2 fully saturated rings. The Morgan fingerprint density at radius 1 is 1.29 bits per heavy atom. The molecule has 80 valence electrons. The summed E-state index contributed by atoms with van der Waals surface area (Å²) >= 11 is 0. The van der Waals surface area contributed by atoms with Gasteiger partial charge in [-0.25, -0.2) is 0 Å². The van der Waals surface area contributed by atoms with Crippen molar-refractivity contribution >= 4 is 0 Å². The van der Waals surface area contributed by atoms with Crippen LogP contribution in [0.15, 0.2) is 12.3 Å². The molecule has 14 heavy (non-hydrogen) atoms. The van der Waals surface area contributed by atoms with Gasteiger partial charge in [0.1, 0.15) is 0 Å². The van der Waals surface area contributed by atoms with Gasteiger partial charge in [0.2, 0.25) is 0 Å². The maximum atomic E-state index is 4.23. The highest BCUT2D eigenvalue weighted by Crippen LogP contribution is 2.49. The highest BCUT2D eigenvalue weighted by atomic mass is 15.4. The molecule has 1 aliphatic heterocycles. The Morgan fingerprint density at radius 2 is 1.86 bits per heavy atom. The van der Waals surface area contributed by atoms with Crippen LogP contribution in [0.2, 0.25) is 0 Å². The van der Waals surface area contributed by atoms with Crippen LogP contribution in [-0.4, -0.2) is 41.0 Å². The molecule has 1 saturated heterocycles. The van der Waals surface area contributed by atoms with E-state index in [0.29, 0.717) is 5.54 Å². The Morgan fingerprint density at radius 3 is 2.29 bits per heavy atom. The summed E-state index contributed by atoms with van der Waals surface area (Å²) in [6.07, 6.45) is 2.68. The molecule has 2 aliphatic rings. The van der Waals surface area contributed by atoms with Gasteiger partial charge in [-0.2, -0.15) is 0 Å². The van der Waals surface area contributed by atoms with Crippen molar-refractivity contribution in [3.63, 3.8) is 0 Å². The van der Waals surface area contributed by atoms with E-state index in [1.807, 2.05) is 0 Å². The van der Waals surface area contributed by atoms with E-state index in [1.165, 1.54) is 25.1 Å². The molecule has 0 N–H and O–H groups in total. The summed E-state index contributed by atoms with van der Waals surface area (Å²) in [5, 5.41) is 0. The molecule has 2 nitrogen and oxygen atoms in total. The molecule has 2 rings (SSSR count). The van der Waals surface area contributed by atoms with Crippen LogP contribution in [0.5, 0.6) is 0 Å². The third kappa shape index (κ3) is 1.46. The van der Waals surface area contributed by atoms with E-state index < -0.39 is 0 Å². The van der Waals surface area contributed by atoms with Crippen LogP contribution in [0.4, 0.5) is 0 Å². The maximum Gasteiger partial charge on any atom is 0.0533 e. The van der Waals surface area contributed by atoms with Crippen LogP contribution in [0.25, 0.3) is 0 Å². The minimum Gasteiger partial charge on any atom is -0.362 e. The smallest absolute Gasteiger partial charge is 0.0533 e. The van der Waals surface area contributed by atoms with Crippen LogP contribution < -0.4 is 0 Å². The zero-order valence-corrected chi connectivity index (χ0v) is 9.93. The Hall–Kier alpha value is -0.500. The highest BCUT2D eigenvalue weighted by molar-refractivity contribution is 5.20. The van der Waals surface area contributed by atoms with Crippen molar-refractivity contribution < 1.29 is 0 Å². The van der Waals surface area contributed by atoms with Gasteiger partial charge in [-0.1, -0.05) is 6.58 Å². The van der Waals surface area contributed by atoms with Crippen LogP contribution in [0, 0.1) is 0 Å². The Kier molecular flexibility index (Phi) is 1.97. The zero-order chi connectivity index (χ0) is 10.6. The lowest BCUT2D eigenvalue weighted by Gasteiger charge is -2.51. The molecule has 0 atom stereocenters. The van der Waals surface area contributed by atoms with E-state index in [2.05, 4.69) is 44.2 Å². The van der Waals surface area contributed by atoms with Crippen LogP contribution >= 0.6 is 0 Å². The van der Waals surface area contributed by atoms with Gasteiger partial charge in [0.15, 0.2) is 0 Å². The van der Waals surface area contributed by atoms with Gasteiger partial charge in [-0.15, -0.1) is 0 Å². The molecule has 1 saturated carbocycles. The van der Waals surface area contributed by atoms with Gasteiger partial charge in [-0.3, -0.25) is 4.90 Å². The number of rotatable bonds is 0. The van der Waals surface area contributed by atoms with E-state index in [9.17, 15) is 0 Å². The first-order valence-corrected chi connectivity index (χ1v) is 5.52. The topological polar surface area (TPSA) is 6.48 Å². The predicted molar refractivity (Wildman–Crippen MR) is 60.2 cm³/mol. The standard InChI is InChI=1S/C12H22N2/c1-10-8-13(5)9-12(6-7-12)14(10)11(2,3)4/h1,6-9H2,2-5H3. The largest absolute Gasteiger partial charge is 0.362 e. The summed E-state index contributed by atoms with van der Waals surface area (Å²) < 4.78 is 0. The minimum absolute atomic E-state index is 0.231. The predicted octanol–water partition coefficient (Wildman–Crippen LogP) is 2.08. The third-order valence-corrected chi connectivity index (χ3v) is 3.31. The average molecular weight is 194 g/mol. The lowest BCUT2D eigenvalue weighted by molar-refractivity contribution is 0.0452. The summed E-state index contributed by atoms with van der Waals surface area (Å²) in [6.45, 7) is 13.4. The van der Waals surface area contributed by atoms with Crippen molar-refractivity contribution in [3.05, 3.63) is 12.3 Å². The monoisotopic (exact) mass is 194 g/mol. The fourth-order valence-electron chi connectivity index (χ4n) is 3.06. The van der Waals surface area contributed by atoms with Crippen LogP contribution in [0.1, 0.15) is 33.6 Å². The molecular weight excluding hydrogens is 172 g/mol. The SMILES string of the molecule is C=C1CN(C)CC2(CC2)N1C(C)(C)C. The number of piperazine rings is 1. The van der Waals surface area contributed by atoms with Crippen molar-refractivity contribution in [2.75, 3.05) is 20.1 Å². The molecule has 0 aromatic rings. The average Bonchev–Trinajstić information content (AvgIpc) is 2.62. The molecular formula is C12H22N2. The van der Waals surface area contributed by atoms with E-state index in [0.717, 1.165) is 6.54 Å². The quantitative estimate of drug-likeness (QED) is 0.582. The van der Waals surface area contributed by atoms with Gasteiger partial charge >= 0.3 is 0 Å². The van der Waals surface area contributed by atoms with Crippen molar-refractivity contribution in [3.8, 4) is 0 Å². The molecule has 0 unspecified atom stereocenters. The normalized spacial score (nSPS) is 27.1. The summed E-state index contributed by atoms with van der Waals surface area (Å²) in [4.78, 5) is 4.97. The summed E-state index contributed by atoms with van der Waals surface area (Å²) in [5.41, 5.74) is 1.96. The molecule has 2 heteroatoms. The molecule has 1 heterocycles. The van der Waals surface area contributed by atoms with Gasteiger partial charge in [-0.05, 0) is 40.7 Å². The molecule has 0 amide bonds. The number of nitrogens with zero attached hydrogens (tertiary/aromatic N) is 2. The van der Waals surface area contributed by atoms with E-state index in [4.69, 9.17) is 0 Å². The fourth-order valence-corrected chi connectivity index (χ4v) is 3.06. The van der Waals surface area contributed by atoms with Crippen LogP contribution in [-0.2, 0) is 0 Å². The maximum absolute atomic E-state index is 4.23. The first kappa shape index (κ1) is 10.0. The first-order chi connectivity index (χ1) is 6.35. The second kappa shape index (κ2) is 2.75. The minimum atomic E-state index is 0.231. The van der Waals surface area contributed by atoms with Crippen molar-refractivity contribution in [1.82, 2.24) is 9.80 Å². The Balaban J connectivity index is 2.26. The molecule has 0 aromatic heterocycles. The molecule has 0 bridgehead atoms. The second-order valence-electron chi connectivity index (χ2n) is 5.97. The Bertz CT molecular complexity index is 258. The number of likely N-dealkylation sites (N-methyl/N-ethyl adjacent to an activating group) is 1. The van der Waals surface area contributed by atoms with E-state index in [1.54, 1.807) is 0 Å². The molecule has 0 aromatic carbocycles. The number of hydrogen-bond acceptors (Lipinski definition) is 2. The van der Waals surface area contributed by atoms with Crippen molar-refractivity contribution in [2.45, 2.75) is 44.7 Å². The lowest BCUT2D eigenvalue weighted by Crippen LogP contribution is -2.58. The summed E-state index contributed by atoms with van der Waals surface area (Å²) in [6, 6.07) is 0. The van der Waals surface area contributed by atoms with Gasteiger partial charge in [0.25, 0.3) is 0 Å². The first-order valence-electron chi connectivity index (χ1n) is 5.52. The summed E-state index contributed by atoms with van der Waals surface area (Å²) in [7, 11) is 2.20. The van der Waals surface area contributed by atoms with Crippen molar-refractivity contribution in [2.24, 2.45) is 0 Å². The third-order valence-electron chi connectivity index (χ3n) is 3.31. The zero-order valence-electron chi connectivity index (χ0n) is 9.93. The molecule has 1 spiro atoms. The Labute approximate surface area is 87.6 Å². The fraction of sp³-hybridized carbons (Fsp3) is 0.833. The van der Waals surface area contributed by atoms with Crippen LogP contribution in [0.3, 0.4) is 0 Å². The lowest BCUT2D eigenvalue weighted by atomic mass is 9.97. The van der Waals surface area contributed by atoms with E-state index in [-0.39, 0.29) is 5.54 Å². The summed E-state index contributed by atoms with van der Waals surface area (Å²) in [5.74, 6) is 0. The number of hydrogen-bond donors (Lipinski definition) is 0. The highest BCUT2D eigenvalue weighted by Gasteiger charge is 2.54.